The maximum Gasteiger partial charge on any atom is 0.237 e. The number of rotatable bonds is 4. The van der Waals surface area contributed by atoms with E-state index in [1.54, 1.807) is 0 Å². The lowest BCUT2D eigenvalue weighted by Gasteiger charge is -2.32. The van der Waals surface area contributed by atoms with Gasteiger partial charge in [-0.2, -0.15) is 0 Å². The first-order chi connectivity index (χ1) is 12.2. The molecular weight excluding hydrogens is 381 g/mol. The topological polar surface area (TPSA) is 44.4 Å². The summed E-state index contributed by atoms with van der Waals surface area (Å²) in [5.41, 5.74) is 6.66. The molecule has 146 valence electrons. The van der Waals surface area contributed by atoms with Gasteiger partial charge in [-0.1, -0.05) is 42.5 Å². The number of halogens is 2. The summed E-state index contributed by atoms with van der Waals surface area (Å²) in [5, 5.41) is 6.47. The Balaban J connectivity index is 0.00000131. The van der Waals surface area contributed by atoms with Crippen molar-refractivity contribution >= 4 is 30.7 Å². The molecule has 6 heteroatoms. The highest BCUT2D eigenvalue weighted by molar-refractivity contribution is 5.85. The van der Waals surface area contributed by atoms with Gasteiger partial charge in [0.25, 0.3) is 0 Å². The van der Waals surface area contributed by atoms with Crippen molar-refractivity contribution in [3.05, 3.63) is 70.3 Å². The van der Waals surface area contributed by atoms with Crippen LogP contribution < -0.4 is 10.6 Å². The summed E-state index contributed by atoms with van der Waals surface area (Å²) in [6.45, 7) is 6.29. The normalized spacial score (nSPS) is 16.3. The van der Waals surface area contributed by atoms with E-state index in [-0.39, 0.29) is 36.8 Å². The maximum atomic E-state index is 12.6. The molecule has 0 aliphatic carbocycles. The van der Waals surface area contributed by atoms with Gasteiger partial charge in [-0.25, -0.2) is 0 Å². The van der Waals surface area contributed by atoms with Gasteiger partial charge in [0.15, 0.2) is 0 Å². The second-order valence-electron chi connectivity index (χ2n) is 7.09. The van der Waals surface area contributed by atoms with Gasteiger partial charge < -0.3 is 10.6 Å². The molecule has 0 bridgehead atoms. The number of carbonyl (C=O) groups excluding carboxylic acids is 1. The number of fused-ring (bicyclic) bond motifs is 2. The number of carbonyl (C=O) groups is 1. The summed E-state index contributed by atoms with van der Waals surface area (Å²) in [5.74, 6) is 0.109. The van der Waals surface area contributed by atoms with E-state index < -0.39 is 0 Å². The first-order valence-electron chi connectivity index (χ1n) is 9.10. The molecule has 0 saturated heterocycles. The van der Waals surface area contributed by atoms with Crippen LogP contribution in [0.4, 0.5) is 0 Å². The van der Waals surface area contributed by atoms with Crippen LogP contribution in [0.5, 0.6) is 0 Å². The van der Waals surface area contributed by atoms with Crippen molar-refractivity contribution < 1.29 is 4.79 Å². The Morgan fingerprint density at radius 2 is 1.81 bits per heavy atom. The fourth-order valence-electron chi connectivity index (χ4n) is 3.81. The quantitative estimate of drug-likeness (QED) is 0.817. The van der Waals surface area contributed by atoms with Crippen LogP contribution in [0.2, 0.25) is 0 Å². The van der Waals surface area contributed by atoms with Gasteiger partial charge in [-0.15, -0.1) is 24.8 Å². The average molecular weight is 408 g/mol. The van der Waals surface area contributed by atoms with Crippen LogP contribution in [0.1, 0.15) is 34.7 Å². The van der Waals surface area contributed by atoms with E-state index in [9.17, 15) is 4.79 Å². The van der Waals surface area contributed by atoms with Crippen LogP contribution in [0.25, 0.3) is 0 Å². The standard InChI is InChI=1S/C21H25N3O.2ClH/c1-15(24-9-8-17-4-2-3-5-19(17)14-24)21(25)23-11-16-6-7-18-12-22-13-20(18)10-16;;/h2-7,10,15,22H,8-9,11-14H2,1H3,(H,23,25);2*1H. The third-order valence-corrected chi connectivity index (χ3v) is 5.46. The summed E-state index contributed by atoms with van der Waals surface area (Å²) < 4.78 is 0. The zero-order chi connectivity index (χ0) is 17.2. The van der Waals surface area contributed by atoms with Crippen LogP contribution in [0.15, 0.2) is 42.5 Å². The second-order valence-corrected chi connectivity index (χ2v) is 7.09. The Bertz CT molecular complexity index is 797. The molecule has 4 nitrogen and oxygen atoms in total. The molecule has 2 heterocycles. The SMILES string of the molecule is CC(C(=O)NCc1ccc2c(c1)CNC2)N1CCc2ccccc2C1.Cl.Cl. The largest absolute Gasteiger partial charge is 0.351 e. The molecule has 2 aromatic carbocycles. The van der Waals surface area contributed by atoms with Crippen molar-refractivity contribution in [2.75, 3.05) is 6.54 Å². The molecule has 0 aromatic heterocycles. The molecule has 1 amide bonds. The van der Waals surface area contributed by atoms with Crippen LogP contribution in [0, 0.1) is 0 Å². The highest BCUT2D eigenvalue weighted by Crippen LogP contribution is 2.20. The number of nitrogens with zero attached hydrogens (tertiary/aromatic N) is 1. The number of amides is 1. The summed E-state index contributed by atoms with van der Waals surface area (Å²) in [7, 11) is 0. The Morgan fingerprint density at radius 3 is 2.63 bits per heavy atom. The van der Waals surface area contributed by atoms with Crippen LogP contribution in [-0.4, -0.2) is 23.4 Å². The molecule has 1 atom stereocenters. The Labute approximate surface area is 173 Å². The summed E-state index contributed by atoms with van der Waals surface area (Å²) in [6.07, 6.45) is 1.02. The number of benzene rings is 2. The molecule has 27 heavy (non-hydrogen) atoms. The van der Waals surface area contributed by atoms with Crippen LogP contribution in [0.3, 0.4) is 0 Å². The predicted molar refractivity (Wildman–Crippen MR) is 113 cm³/mol. The lowest BCUT2D eigenvalue weighted by atomic mass is 9.98. The molecular formula is C21H27Cl2N3O. The van der Waals surface area contributed by atoms with Crippen LogP contribution in [-0.2, 0) is 37.4 Å². The molecule has 2 N–H and O–H groups in total. The third kappa shape index (κ3) is 4.82. The predicted octanol–water partition coefficient (Wildman–Crippen LogP) is 3.20. The first-order valence-corrected chi connectivity index (χ1v) is 9.10. The Morgan fingerprint density at radius 1 is 1.07 bits per heavy atom. The Kier molecular flexibility index (Phi) is 7.68. The molecule has 0 spiro atoms. The van der Waals surface area contributed by atoms with Crippen molar-refractivity contribution in [2.45, 2.75) is 45.6 Å². The molecule has 2 aliphatic heterocycles. The summed E-state index contributed by atoms with van der Waals surface area (Å²) in [4.78, 5) is 14.9. The van der Waals surface area contributed by atoms with E-state index in [0.717, 1.165) is 32.6 Å². The van der Waals surface area contributed by atoms with E-state index in [0.29, 0.717) is 6.54 Å². The fraction of sp³-hybridized carbons (Fsp3) is 0.381. The molecule has 1 unspecified atom stereocenters. The number of hydrogen-bond donors (Lipinski definition) is 2. The van der Waals surface area contributed by atoms with Gasteiger partial charge in [-0.05, 0) is 41.2 Å². The van der Waals surface area contributed by atoms with Crippen LogP contribution >= 0.6 is 24.8 Å². The molecule has 0 saturated carbocycles. The van der Waals surface area contributed by atoms with Crippen molar-refractivity contribution in [3.8, 4) is 0 Å². The van der Waals surface area contributed by atoms with Crippen molar-refractivity contribution in [1.29, 1.82) is 0 Å². The third-order valence-electron chi connectivity index (χ3n) is 5.46. The van der Waals surface area contributed by atoms with E-state index >= 15 is 0 Å². The summed E-state index contributed by atoms with van der Waals surface area (Å²) >= 11 is 0. The van der Waals surface area contributed by atoms with E-state index in [2.05, 4.69) is 58.0 Å². The zero-order valence-corrected chi connectivity index (χ0v) is 17.2. The van der Waals surface area contributed by atoms with E-state index in [4.69, 9.17) is 0 Å². The zero-order valence-electron chi connectivity index (χ0n) is 15.5. The smallest absolute Gasteiger partial charge is 0.237 e. The first kappa shape index (κ1) is 21.7. The summed E-state index contributed by atoms with van der Waals surface area (Å²) in [6, 6.07) is 14.9. The monoisotopic (exact) mass is 407 g/mol. The lowest BCUT2D eigenvalue weighted by molar-refractivity contribution is -0.126. The van der Waals surface area contributed by atoms with Gasteiger partial charge in [0.05, 0.1) is 6.04 Å². The molecule has 0 radical (unpaired) electrons. The number of hydrogen-bond acceptors (Lipinski definition) is 3. The molecule has 4 rings (SSSR count). The highest BCUT2D eigenvalue weighted by atomic mass is 35.5. The van der Waals surface area contributed by atoms with Gasteiger partial charge in [0.2, 0.25) is 5.91 Å². The molecule has 0 fully saturated rings. The highest BCUT2D eigenvalue weighted by Gasteiger charge is 2.25. The Hall–Kier alpha value is -1.59. The average Bonchev–Trinajstić information content (AvgIpc) is 3.13. The van der Waals surface area contributed by atoms with E-state index in [1.165, 1.54) is 27.8 Å². The fourth-order valence-corrected chi connectivity index (χ4v) is 3.81. The van der Waals surface area contributed by atoms with Crippen molar-refractivity contribution in [1.82, 2.24) is 15.5 Å². The van der Waals surface area contributed by atoms with Gasteiger partial charge in [0, 0.05) is 32.7 Å². The molecule has 2 aromatic rings. The lowest BCUT2D eigenvalue weighted by Crippen LogP contribution is -2.46. The minimum Gasteiger partial charge on any atom is -0.351 e. The van der Waals surface area contributed by atoms with Gasteiger partial charge in [-0.3, -0.25) is 9.69 Å². The minimum absolute atomic E-state index is 0. The van der Waals surface area contributed by atoms with Crippen molar-refractivity contribution in [3.63, 3.8) is 0 Å². The number of nitrogens with one attached hydrogen (secondary N) is 2. The van der Waals surface area contributed by atoms with Crippen molar-refractivity contribution in [2.24, 2.45) is 0 Å². The minimum atomic E-state index is -0.107. The van der Waals surface area contributed by atoms with Gasteiger partial charge in [0.1, 0.15) is 0 Å². The van der Waals surface area contributed by atoms with E-state index in [1.807, 2.05) is 6.92 Å². The molecule has 2 aliphatic rings. The van der Waals surface area contributed by atoms with Gasteiger partial charge >= 0.3 is 0 Å². The maximum absolute atomic E-state index is 12.6. The second kappa shape index (κ2) is 9.56.